The number of hydrogen-bond donors (Lipinski definition) is 0. The number of fused-ring (bicyclic) bond motifs is 1. The minimum atomic E-state index is -0.697. The van der Waals surface area contributed by atoms with Crippen LogP contribution in [0.25, 0.3) is 11.6 Å². The van der Waals surface area contributed by atoms with E-state index in [1.54, 1.807) is 50.4 Å². The van der Waals surface area contributed by atoms with Gasteiger partial charge in [0.25, 0.3) is 0 Å². The molecule has 3 rings (SSSR count). The van der Waals surface area contributed by atoms with Crippen LogP contribution in [0.5, 0.6) is 0 Å². The Balaban J connectivity index is 2.23. The first kappa shape index (κ1) is 20.2. The maximum atomic E-state index is 13.3. The van der Waals surface area contributed by atoms with E-state index in [1.165, 1.54) is 24.3 Å². The number of carbonyl (C=O) groups excluding carboxylic acids is 2. The third kappa shape index (κ3) is 3.74. The quantitative estimate of drug-likeness (QED) is 0.353. The molecule has 0 bridgehead atoms. The molecule has 0 saturated heterocycles. The minimum Gasteiger partial charge on any atom is -0.313 e. The molecular formula is C24H21FN2O2. The summed E-state index contributed by atoms with van der Waals surface area (Å²) in [6.07, 6.45) is 3.31. The number of nitriles is 1. The number of carbonyl (C=O) groups is 2. The van der Waals surface area contributed by atoms with Crippen molar-refractivity contribution in [2.24, 2.45) is 5.41 Å². The van der Waals surface area contributed by atoms with Crippen LogP contribution in [0.4, 0.5) is 4.39 Å². The molecule has 2 heterocycles. The highest BCUT2D eigenvalue weighted by Gasteiger charge is 2.27. The molecule has 146 valence electrons. The van der Waals surface area contributed by atoms with Crippen molar-refractivity contribution in [3.05, 3.63) is 82.4 Å². The number of rotatable bonds is 4. The molecule has 0 aliphatic heterocycles. The standard InChI is InChI=1S/C24H21FN2O2/c1-15-19(13-17(14-26)23(29)24(2,3)4)20-7-5-6-12-27(20)21(15)22(28)16-8-10-18(25)11-9-16/h5-13H,1-4H3/b17-13+. The fraction of sp³-hybridized carbons (Fsp3) is 0.208. The third-order valence-electron chi connectivity index (χ3n) is 4.79. The van der Waals surface area contributed by atoms with Crippen molar-refractivity contribution in [3.8, 4) is 6.07 Å². The molecule has 0 N–H and O–H groups in total. The Labute approximate surface area is 168 Å². The van der Waals surface area contributed by atoms with Crippen LogP contribution in [-0.2, 0) is 4.79 Å². The van der Waals surface area contributed by atoms with E-state index in [-0.39, 0.29) is 17.1 Å². The molecule has 0 aliphatic rings. The summed E-state index contributed by atoms with van der Waals surface area (Å²) in [5.74, 6) is -0.939. The number of allylic oxidation sites excluding steroid dienone is 1. The van der Waals surface area contributed by atoms with Crippen molar-refractivity contribution in [1.29, 1.82) is 5.26 Å². The van der Waals surface area contributed by atoms with Crippen molar-refractivity contribution in [2.45, 2.75) is 27.7 Å². The zero-order chi connectivity index (χ0) is 21.3. The molecule has 3 aromatic rings. The molecule has 0 unspecified atom stereocenters. The van der Waals surface area contributed by atoms with Gasteiger partial charge in [0, 0.05) is 22.7 Å². The summed E-state index contributed by atoms with van der Waals surface area (Å²) in [6.45, 7) is 7.06. The Kier molecular flexibility index (Phi) is 5.21. The Morgan fingerprint density at radius 2 is 1.76 bits per heavy atom. The number of pyridine rings is 1. The van der Waals surface area contributed by atoms with Crippen molar-refractivity contribution in [1.82, 2.24) is 4.40 Å². The molecule has 0 spiro atoms. The van der Waals surface area contributed by atoms with Crippen LogP contribution in [0.3, 0.4) is 0 Å². The Hall–Kier alpha value is -3.52. The second-order valence-corrected chi connectivity index (χ2v) is 7.93. The number of benzene rings is 1. The minimum absolute atomic E-state index is 0.0396. The summed E-state index contributed by atoms with van der Waals surface area (Å²) in [5, 5.41) is 9.56. The summed E-state index contributed by atoms with van der Waals surface area (Å²) in [4.78, 5) is 25.8. The molecule has 0 atom stereocenters. The summed E-state index contributed by atoms with van der Waals surface area (Å²) in [7, 11) is 0. The van der Waals surface area contributed by atoms with Crippen molar-refractivity contribution in [2.75, 3.05) is 0 Å². The SMILES string of the molecule is Cc1c(/C=C(\C#N)C(=O)C(C)(C)C)c2ccccn2c1C(=O)c1ccc(F)cc1. The van der Waals surface area contributed by atoms with E-state index in [9.17, 15) is 19.2 Å². The molecule has 29 heavy (non-hydrogen) atoms. The maximum absolute atomic E-state index is 13.3. The van der Waals surface area contributed by atoms with Gasteiger partial charge in [0.05, 0.1) is 16.8 Å². The van der Waals surface area contributed by atoms with Crippen LogP contribution >= 0.6 is 0 Å². The molecule has 4 nitrogen and oxygen atoms in total. The Bertz CT molecular complexity index is 1190. The zero-order valence-corrected chi connectivity index (χ0v) is 16.8. The predicted molar refractivity (Wildman–Crippen MR) is 110 cm³/mol. The second kappa shape index (κ2) is 7.48. The molecule has 0 aliphatic carbocycles. The van der Waals surface area contributed by atoms with E-state index >= 15 is 0 Å². The van der Waals surface area contributed by atoms with Crippen LogP contribution in [0.1, 0.15) is 48.0 Å². The van der Waals surface area contributed by atoms with Crippen LogP contribution in [0.15, 0.2) is 54.2 Å². The van der Waals surface area contributed by atoms with Gasteiger partial charge in [-0.2, -0.15) is 5.26 Å². The van der Waals surface area contributed by atoms with Crippen molar-refractivity contribution in [3.63, 3.8) is 0 Å². The summed E-state index contributed by atoms with van der Waals surface area (Å²) < 4.78 is 15.0. The van der Waals surface area contributed by atoms with Gasteiger partial charge in [0.1, 0.15) is 11.9 Å². The molecule has 0 fully saturated rings. The highest BCUT2D eigenvalue weighted by Crippen LogP contribution is 2.29. The van der Waals surface area contributed by atoms with Gasteiger partial charge < -0.3 is 4.40 Å². The fourth-order valence-electron chi connectivity index (χ4n) is 3.25. The zero-order valence-electron chi connectivity index (χ0n) is 16.8. The Morgan fingerprint density at radius 1 is 1.10 bits per heavy atom. The van der Waals surface area contributed by atoms with Gasteiger partial charge in [-0.1, -0.05) is 26.8 Å². The Morgan fingerprint density at radius 3 is 2.34 bits per heavy atom. The van der Waals surface area contributed by atoms with Crippen LogP contribution in [0, 0.1) is 29.5 Å². The maximum Gasteiger partial charge on any atom is 0.210 e. The summed E-state index contributed by atoms with van der Waals surface area (Å²) in [6, 6.07) is 12.8. The molecule has 0 amide bonds. The average Bonchev–Trinajstić information content (AvgIpc) is 2.96. The first-order valence-corrected chi connectivity index (χ1v) is 9.21. The predicted octanol–water partition coefficient (Wildman–Crippen LogP) is 5.14. The number of ketones is 2. The van der Waals surface area contributed by atoms with E-state index in [2.05, 4.69) is 0 Å². The van der Waals surface area contributed by atoms with Crippen LogP contribution in [-0.4, -0.2) is 16.0 Å². The number of hydrogen-bond acceptors (Lipinski definition) is 3. The molecular weight excluding hydrogens is 367 g/mol. The van der Waals surface area contributed by atoms with Crippen LogP contribution in [0.2, 0.25) is 0 Å². The van der Waals surface area contributed by atoms with Gasteiger partial charge in [-0.3, -0.25) is 9.59 Å². The summed E-state index contributed by atoms with van der Waals surface area (Å²) in [5.41, 5.74) is 2.13. The molecule has 5 heteroatoms. The molecule has 1 aromatic carbocycles. The van der Waals surface area contributed by atoms with E-state index in [4.69, 9.17) is 0 Å². The molecule has 2 aromatic heterocycles. The second-order valence-electron chi connectivity index (χ2n) is 7.93. The fourth-order valence-corrected chi connectivity index (χ4v) is 3.25. The van der Waals surface area contributed by atoms with Gasteiger partial charge >= 0.3 is 0 Å². The van der Waals surface area contributed by atoms with Gasteiger partial charge in [0.2, 0.25) is 5.78 Å². The van der Waals surface area contributed by atoms with E-state index in [1.807, 2.05) is 18.2 Å². The van der Waals surface area contributed by atoms with E-state index in [0.29, 0.717) is 27.9 Å². The van der Waals surface area contributed by atoms with Gasteiger partial charge in [-0.05, 0) is 55.0 Å². The molecule has 0 saturated carbocycles. The average molecular weight is 388 g/mol. The number of nitrogens with zero attached hydrogens (tertiary/aromatic N) is 2. The summed E-state index contributed by atoms with van der Waals surface area (Å²) >= 11 is 0. The largest absolute Gasteiger partial charge is 0.313 e. The monoisotopic (exact) mass is 388 g/mol. The highest BCUT2D eigenvalue weighted by molar-refractivity contribution is 6.12. The molecule has 0 radical (unpaired) electrons. The highest BCUT2D eigenvalue weighted by atomic mass is 19.1. The first-order chi connectivity index (χ1) is 13.6. The lowest BCUT2D eigenvalue weighted by molar-refractivity contribution is -0.121. The normalized spacial score (nSPS) is 12.1. The van der Waals surface area contributed by atoms with Crippen molar-refractivity contribution < 1.29 is 14.0 Å². The van der Waals surface area contributed by atoms with E-state index < -0.39 is 11.2 Å². The smallest absolute Gasteiger partial charge is 0.210 e. The number of halogens is 1. The van der Waals surface area contributed by atoms with Crippen molar-refractivity contribution >= 4 is 23.2 Å². The first-order valence-electron chi connectivity index (χ1n) is 9.21. The van der Waals surface area contributed by atoms with Gasteiger partial charge in [-0.15, -0.1) is 0 Å². The van der Waals surface area contributed by atoms with Crippen LogP contribution < -0.4 is 0 Å². The van der Waals surface area contributed by atoms with Gasteiger partial charge in [-0.25, -0.2) is 4.39 Å². The number of aromatic nitrogens is 1. The lowest BCUT2D eigenvalue weighted by Gasteiger charge is -2.15. The topological polar surface area (TPSA) is 62.3 Å². The number of Topliss-reactive ketones (excluding diaryl/α,β-unsaturated/α-hetero) is 1. The van der Waals surface area contributed by atoms with Gasteiger partial charge in [0.15, 0.2) is 5.78 Å². The lowest BCUT2D eigenvalue weighted by Crippen LogP contribution is -2.21. The lowest BCUT2D eigenvalue weighted by atomic mass is 9.86. The third-order valence-corrected chi connectivity index (χ3v) is 4.79. The van der Waals surface area contributed by atoms with E-state index in [0.717, 1.165) is 0 Å².